The molecule has 0 N–H and O–H groups in total. The summed E-state index contributed by atoms with van der Waals surface area (Å²) in [4.78, 5) is 3.38. The van der Waals surface area contributed by atoms with E-state index < -0.39 is 0 Å². The predicted molar refractivity (Wildman–Crippen MR) is 58.1 cm³/mol. The summed E-state index contributed by atoms with van der Waals surface area (Å²) in [6, 6.07) is 10.5. The van der Waals surface area contributed by atoms with Gasteiger partial charge in [0.25, 0.3) is 0 Å². The zero-order valence-electron chi connectivity index (χ0n) is 8.20. The van der Waals surface area contributed by atoms with Gasteiger partial charge in [-0.25, -0.2) is 6.57 Å². The molecule has 0 aliphatic heterocycles. The molecule has 2 rings (SSSR count). The lowest BCUT2D eigenvalue weighted by atomic mass is 10.2. The summed E-state index contributed by atoms with van der Waals surface area (Å²) in [6.07, 6.45) is 0.842. The molecule has 1 aromatic carbocycles. The van der Waals surface area contributed by atoms with Gasteiger partial charge < -0.3 is 9.41 Å². The van der Waals surface area contributed by atoms with Gasteiger partial charge in [0.05, 0.1) is 6.42 Å². The van der Waals surface area contributed by atoms with Crippen LogP contribution in [0.2, 0.25) is 0 Å². The summed E-state index contributed by atoms with van der Waals surface area (Å²) in [5.41, 5.74) is 2.48. The smallest absolute Gasteiger partial charge is 0.220 e. The van der Waals surface area contributed by atoms with Crippen molar-refractivity contribution in [2.45, 2.75) is 6.42 Å². The third-order valence-electron chi connectivity index (χ3n) is 2.53. The number of hydrogen-bond donors (Lipinski definition) is 0. The Hall–Kier alpha value is -1.75. The molecule has 0 spiro atoms. The van der Waals surface area contributed by atoms with E-state index in [1.54, 1.807) is 0 Å². The normalized spacial score (nSPS) is 10.3. The highest BCUT2D eigenvalue weighted by Crippen LogP contribution is 2.18. The maximum atomic E-state index is 6.77. The number of fused-ring (bicyclic) bond motifs is 1. The fraction of sp³-hybridized carbons (Fsp3) is 0.250. The molecule has 2 heteroatoms. The summed E-state index contributed by atoms with van der Waals surface area (Å²) < 4.78 is 2.17. The molecule has 1 aromatic heterocycles. The number of aromatic nitrogens is 1. The van der Waals surface area contributed by atoms with Crippen LogP contribution in [0.5, 0.6) is 0 Å². The Balaban J connectivity index is 2.47. The fourth-order valence-corrected chi connectivity index (χ4v) is 1.76. The summed E-state index contributed by atoms with van der Waals surface area (Å²) >= 11 is 0. The fourth-order valence-electron chi connectivity index (χ4n) is 1.76. The van der Waals surface area contributed by atoms with Crippen molar-refractivity contribution in [3.05, 3.63) is 47.4 Å². The zero-order chi connectivity index (χ0) is 9.97. The van der Waals surface area contributed by atoms with Gasteiger partial charge >= 0.3 is 0 Å². The Morgan fingerprint density at radius 1 is 1.36 bits per heavy atom. The predicted octanol–water partition coefficient (Wildman–Crippen LogP) is 2.64. The third-order valence-corrected chi connectivity index (χ3v) is 2.53. The Morgan fingerprint density at radius 3 is 2.86 bits per heavy atom. The average Bonchev–Trinajstić information content (AvgIpc) is 2.54. The van der Waals surface area contributed by atoms with Crippen LogP contribution in [0.4, 0.5) is 0 Å². The number of nitrogens with zero attached hydrogens (tertiary/aromatic N) is 2. The zero-order valence-corrected chi connectivity index (χ0v) is 8.20. The van der Waals surface area contributed by atoms with Gasteiger partial charge in [-0.2, -0.15) is 0 Å². The molecule has 0 bridgehead atoms. The van der Waals surface area contributed by atoms with Crippen LogP contribution in [0.1, 0.15) is 5.69 Å². The Labute approximate surface area is 83.6 Å². The summed E-state index contributed by atoms with van der Waals surface area (Å²) in [5.74, 6) is 0. The molecular weight excluding hydrogens is 172 g/mol. The molecule has 2 nitrogen and oxygen atoms in total. The average molecular weight is 184 g/mol. The topological polar surface area (TPSA) is 9.29 Å². The van der Waals surface area contributed by atoms with E-state index in [9.17, 15) is 0 Å². The second-order valence-corrected chi connectivity index (χ2v) is 3.39. The van der Waals surface area contributed by atoms with Gasteiger partial charge in [-0.1, -0.05) is 18.2 Å². The van der Waals surface area contributed by atoms with Gasteiger partial charge in [0, 0.05) is 18.3 Å². The minimum atomic E-state index is 0.574. The highest BCUT2D eigenvalue weighted by Gasteiger charge is 2.04. The first-order chi connectivity index (χ1) is 6.83. The van der Waals surface area contributed by atoms with E-state index in [4.69, 9.17) is 6.57 Å². The van der Waals surface area contributed by atoms with Crippen molar-refractivity contribution in [3.8, 4) is 0 Å². The van der Waals surface area contributed by atoms with Crippen LogP contribution in [0.15, 0.2) is 30.3 Å². The van der Waals surface area contributed by atoms with E-state index in [0.29, 0.717) is 6.54 Å². The van der Waals surface area contributed by atoms with Gasteiger partial charge in [-0.05, 0) is 17.5 Å². The van der Waals surface area contributed by atoms with Crippen LogP contribution < -0.4 is 0 Å². The first kappa shape index (κ1) is 8.83. The van der Waals surface area contributed by atoms with Crippen molar-refractivity contribution in [3.63, 3.8) is 0 Å². The standard InChI is InChI=1S/C12H12N2/c1-13-8-7-11-9-10-5-3-4-6-12(10)14(11)2/h3-6,9H,7-8H2,2H3. The van der Waals surface area contributed by atoms with Crippen molar-refractivity contribution >= 4 is 10.9 Å². The number of benzene rings is 1. The van der Waals surface area contributed by atoms with E-state index in [1.807, 2.05) is 12.1 Å². The molecule has 1 heterocycles. The maximum absolute atomic E-state index is 6.77. The van der Waals surface area contributed by atoms with E-state index >= 15 is 0 Å². The molecule has 14 heavy (non-hydrogen) atoms. The van der Waals surface area contributed by atoms with Crippen molar-refractivity contribution in [1.82, 2.24) is 4.57 Å². The minimum Gasteiger partial charge on any atom is -0.347 e. The molecular formula is C12H12N2. The highest BCUT2D eigenvalue weighted by atomic mass is 14.9. The second-order valence-electron chi connectivity index (χ2n) is 3.39. The Kier molecular flexibility index (Phi) is 2.24. The lowest BCUT2D eigenvalue weighted by Crippen LogP contribution is -1.97. The summed E-state index contributed by atoms with van der Waals surface area (Å²) in [5, 5.41) is 1.26. The third kappa shape index (κ3) is 1.38. The molecule has 0 radical (unpaired) electrons. The van der Waals surface area contributed by atoms with Crippen LogP contribution in [0.25, 0.3) is 15.7 Å². The van der Waals surface area contributed by atoms with Crippen LogP contribution in [0.3, 0.4) is 0 Å². The van der Waals surface area contributed by atoms with Gasteiger partial charge in [0.2, 0.25) is 6.54 Å². The SMILES string of the molecule is [C-]#[N+]CCc1cc2ccccc2n1C. The van der Waals surface area contributed by atoms with Gasteiger partial charge in [-0.3, -0.25) is 0 Å². The molecule has 0 fully saturated rings. The van der Waals surface area contributed by atoms with E-state index in [0.717, 1.165) is 6.42 Å². The van der Waals surface area contributed by atoms with Crippen LogP contribution >= 0.6 is 0 Å². The largest absolute Gasteiger partial charge is 0.347 e. The molecule has 0 aliphatic carbocycles. The van der Waals surface area contributed by atoms with E-state index in [1.165, 1.54) is 16.6 Å². The first-order valence-corrected chi connectivity index (χ1v) is 4.69. The molecule has 0 unspecified atom stereocenters. The number of aryl methyl sites for hydroxylation is 1. The van der Waals surface area contributed by atoms with Gasteiger partial charge in [0.1, 0.15) is 0 Å². The summed E-state index contributed by atoms with van der Waals surface area (Å²) in [6.45, 7) is 7.35. The van der Waals surface area contributed by atoms with Crippen LogP contribution in [0, 0.1) is 6.57 Å². The Morgan fingerprint density at radius 2 is 2.14 bits per heavy atom. The lowest BCUT2D eigenvalue weighted by Gasteiger charge is -1.99. The van der Waals surface area contributed by atoms with Crippen molar-refractivity contribution in [2.75, 3.05) is 6.54 Å². The van der Waals surface area contributed by atoms with E-state index in [2.05, 4.69) is 34.7 Å². The number of rotatable bonds is 2. The van der Waals surface area contributed by atoms with Crippen LogP contribution in [-0.2, 0) is 13.5 Å². The van der Waals surface area contributed by atoms with Gasteiger partial charge in [0.15, 0.2) is 0 Å². The monoisotopic (exact) mass is 184 g/mol. The number of para-hydroxylation sites is 1. The molecule has 70 valence electrons. The Bertz CT molecular complexity index is 488. The summed E-state index contributed by atoms with van der Waals surface area (Å²) in [7, 11) is 2.06. The molecule has 0 saturated heterocycles. The highest BCUT2D eigenvalue weighted by molar-refractivity contribution is 5.81. The molecule has 2 aromatic rings. The maximum Gasteiger partial charge on any atom is 0.220 e. The first-order valence-electron chi connectivity index (χ1n) is 4.69. The molecule has 0 aliphatic rings. The van der Waals surface area contributed by atoms with E-state index in [-0.39, 0.29) is 0 Å². The van der Waals surface area contributed by atoms with Crippen molar-refractivity contribution in [2.24, 2.45) is 7.05 Å². The van der Waals surface area contributed by atoms with Crippen LogP contribution in [-0.4, -0.2) is 11.1 Å². The molecule has 0 saturated carbocycles. The lowest BCUT2D eigenvalue weighted by molar-refractivity contribution is 0.855. The van der Waals surface area contributed by atoms with Crippen molar-refractivity contribution in [1.29, 1.82) is 0 Å². The van der Waals surface area contributed by atoms with Crippen molar-refractivity contribution < 1.29 is 0 Å². The minimum absolute atomic E-state index is 0.574. The number of hydrogen-bond acceptors (Lipinski definition) is 0. The van der Waals surface area contributed by atoms with Gasteiger partial charge in [-0.15, -0.1) is 0 Å². The second kappa shape index (κ2) is 3.55. The quantitative estimate of drug-likeness (QED) is 0.635. The molecule has 0 atom stereocenters. The molecule has 0 amide bonds.